The number of likely N-dealkylation sites (N-methyl/N-ethyl adjacent to an activating group) is 1. The number of phosphoric ester groups is 1. The van der Waals surface area contributed by atoms with Crippen molar-refractivity contribution in [1.29, 1.82) is 0 Å². The first-order chi connectivity index (χ1) is 18.0. The Morgan fingerprint density at radius 2 is 1.47 bits per heavy atom. The molecule has 0 amide bonds. The van der Waals surface area contributed by atoms with Crippen LogP contribution in [0.2, 0.25) is 0 Å². The summed E-state index contributed by atoms with van der Waals surface area (Å²) >= 11 is 0. The molecule has 0 saturated carbocycles. The smallest absolute Gasteiger partial charge is 0.309 e. The second kappa shape index (κ2) is 21.9. The van der Waals surface area contributed by atoms with E-state index < -0.39 is 32.5 Å². The zero-order valence-corrected chi connectivity index (χ0v) is 24.4. The highest BCUT2D eigenvalue weighted by atomic mass is 31.2. The van der Waals surface area contributed by atoms with Gasteiger partial charge >= 0.3 is 11.9 Å². The van der Waals surface area contributed by atoms with Crippen LogP contribution in [0.1, 0.15) is 64.2 Å². The summed E-state index contributed by atoms with van der Waals surface area (Å²) in [6.45, 7) is 6.74. The molecule has 0 rings (SSSR count). The lowest BCUT2D eigenvalue weighted by Gasteiger charge is -2.28. The van der Waals surface area contributed by atoms with Crippen LogP contribution >= 0.6 is 7.82 Å². The van der Waals surface area contributed by atoms with E-state index in [0.29, 0.717) is 17.4 Å². The molecule has 218 valence electrons. The summed E-state index contributed by atoms with van der Waals surface area (Å²) in [5.41, 5.74) is 0. The van der Waals surface area contributed by atoms with Gasteiger partial charge in [-0.15, -0.1) is 0 Å². The Bertz CT molecular complexity index is 788. The van der Waals surface area contributed by atoms with Crippen molar-refractivity contribution in [3.05, 3.63) is 49.6 Å². The van der Waals surface area contributed by atoms with Crippen molar-refractivity contribution >= 4 is 19.8 Å². The quantitative estimate of drug-likeness (QED) is 0.0534. The molecule has 2 atom stereocenters. The molecule has 0 aromatic carbocycles. The second-order valence-corrected chi connectivity index (χ2v) is 11.3. The van der Waals surface area contributed by atoms with Crippen molar-refractivity contribution in [2.24, 2.45) is 0 Å². The van der Waals surface area contributed by atoms with E-state index in [-0.39, 0.29) is 26.1 Å². The summed E-state index contributed by atoms with van der Waals surface area (Å²) in [6.07, 6.45) is 17.9. The predicted molar refractivity (Wildman–Crippen MR) is 148 cm³/mol. The van der Waals surface area contributed by atoms with E-state index in [9.17, 15) is 19.0 Å². The van der Waals surface area contributed by atoms with Gasteiger partial charge in [0.2, 0.25) is 0 Å². The lowest BCUT2D eigenvalue weighted by molar-refractivity contribution is -0.870. The number of unbranched alkanes of at least 4 members (excludes halogenated alkanes) is 7. The Kier molecular flexibility index (Phi) is 20.7. The number of esters is 2. The normalized spacial score (nSPS) is 14.3. The van der Waals surface area contributed by atoms with Crippen molar-refractivity contribution in [3.63, 3.8) is 0 Å². The Balaban J connectivity index is 4.51. The fraction of sp³-hybridized carbons (Fsp3) is 0.643. The topological polar surface area (TPSA) is 111 Å². The number of carbonyl (C=O) groups excluding carboxylic acids is 2. The standard InChI is InChI=1S/C28H48NO8P/c1-6-8-10-11-12-13-14-15-16-17-19-21-28(31)37-26(24-34-27(30)20-18-9-7-2)25-36-38(32,33)35-23-22-29(3,4)5/h6-10,18,26H,1-2,11-17,19-25H2,3-5H3/b10-8+,18-9+/t26-/m1/s1. The molecule has 0 aliphatic carbocycles. The highest BCUT2D eigenvalue weighted by molar-refractivity contribution is 7.45. The van der Waals surface area contributed by atoms with E-state index in [0.717, 1.165) is 38.5 Å². The molecule has 38 heavy (non-hydrogen) atoms. The van der Waals surface area contributed by atoms with E-state index in [4.69, 9.17) is 18.5 Å². The molecule has 0 saturated heterocycles. The molecule has 10 heteroatoms. The van der Waals surface area contributed by atoms with Gasteiger partial charge in [0.15, 0.2) is 6.10 Å². The van der Waals surface area contributed by atoms with Crippen LogP contribution in [0.25, 0.3) is 0 Å². The maximum absolute atomic E-state index is 12.3. The third-order valence-corrected chi connectivity index (χ3v) is 6.20. The van der Waals surface area contributed by atoms with E-state index in [1.165, 1.54) is 12.5 Å². The second-order valence-electron chi connectivity index (χ2n) is 9.93. The van der Waals surface area contributed by atoms with Gasteiger partial charge in [0.05, 0.1) is 34.2 Å². The molecule has 0 spiro atoms. The fourth-order valence-corrected chi connectivity index (χ4v) is 3.84. The SMILES string of the molecule is C=C/C=C/CCCCCCCCCC(=O)O[C@H](COC(=O)C/C=C/C=C)COP(=O)([O-])OCC[N+](C)(C)C. The number of carbonyl (C=O) groups is 2. The number of allylic oxidation sites excluding steroid dienone is 5. The van der Waals surface area contributed by atoms with Gasteiger partial charge in [0.1, 0.15) is 19.8 Å². The maximum atomic E-state index is 12.3. The van der Waals surface area contributed by atoms with Gasteiger partial charge in [-0.25, -0.2) is 0 Å². The van der Waals surface area contributed by atoms with Gasteiger partial charge in [-0.1, -0.05) is 81.7 Å². The molecule has 0 aliphatic rings. The molecular formula is C28H48NO8P. The number of phosphoric acid groups is 1. The van der Waals surface area contributed by atoms with Crippen LogP contribution in [0, 0.1) is 0 Å². The first-order valence-corrected chi connectivity index (χ1v) is 14.8. The number of hydrogen-bond acceptors (Lipinski definition) is 8. The van der Waals surface area contributed by atoms with Gasteiger partial charge in [-0.05, 0) is 19.3 Å². The first kappa shape index (κ1) is 36.0. The zero-order chi connectivity index (χ0) is 28.7. The lowest BCUT2D eigenvalue weighted by Crippen LogP contribution is -2.37. The largest absolute Gasteiger partial charge is 0.756 e. The van der Waals surface area contributed by atoms with Crippen LogP contribution in [0.3, 0.4) is 0 Å². The summed E-state index contributed by atoms with van der Waals surface area (Å²) in [6, 6.07) is 0. The van der Waals surface area contributed by atoms with Gasteiger partial charge in [-0.2, -0.15) is 0 Å². The Labute approximate surface area is 229 Å². The molecule has 0 aromatic heterocycles. The van der Waals surface area contributed by atoms with E-state index in [2.05, 4.69) is 19.2 Å². The average molecular weight is 558 g/mol. The monoisotopic (exact) mass is 557 g/mol. The Morgan fingerprint density at radius 1 is 0.868 bits per heavy atom. The molecule has 0 aromatic rings. The van der Waals surface area contributed by atoms with Crippen LogP contribution in [0.5, 0.6) is 0 Å². The number of nitrogens with zero attached hydrogens (tertiary/aromatic N) is 1. The van der Waals surface area contributed by atoms with Gasteiger partial charge < -0.3 is 27.9 Å². The van der Waals surface area contributed by atoms with Gasteiger partial charge in [0.25, 0.3) is 7.82 Å². The minimum Gasteiger partial charge on any atom is -0.756 e. The van der Waals surface area contributed by atoms with Crippen LogP contribution in [0.15, 0.2) is 49.6 Å². The van der Waals surface area contributed by atoms with Crippen molar-refractivity contribution in [3.8, 4) is 0 Å². The zero-order valence-electron chi connectivity index (χ0n) is 23.5. The summed E-state index contributed by atoms with van der Waals surface area (Å²) in [4.78, 5) is 36.3. The summed E-state index contributed by atoms with van der Waals surface area (Å²) in [7, 11) is 1.09. The predicted octanol–water partition coefficient (Wildman–Crippen LogP) is 5.03. The highest BCUT2D eigenvalue weighted by Crippen LogP contribution is 2.38. The van der Waals surface area contributed by atoms with Gasteiger partial charge in [-0.3, -0.25) is 14.2 Å². The Hall–Kier alpha value is -2.03. The molecule has 0 fully saturated rings. The minimum absolute atomic E-state index is 0.00722. The molecular weight excluding hydrogens is 509 g/mol. The number of ether oxygens (including phenoxy) is 2. The van der Waals surface area contributed by atoms with Gasteiger partial charge in [0, 0.05) is 6.42 Å². The van der Waals surface area contributed by atoms with E-state index >= 15 is 0 Å². The van der Waals surface area contributed by atoms with Crippen molar-refractivity contribution < 1.29 is 42.1 Å². The lowest BCUT2D eigenvalue weighted by atomic mass is 10.1. The third kappa shape index (κ3) is 24.3. The molecule has 0 bridgehead atoms. The van der Waals surface area contributed by atoms with Crippen molar-refractivity contribution in [2.75, 3.05) is 47.5 Å². The Morgan fingerprint density at radius 3 is 2.11 bits per heavy atom. The minimum atomic E-state index is -4.62. The molecule has 0 heterocycles. The first-order valence-electron chi connectivity index (χ1n) is 13.3. The number of rotatable bonds is 24. The van der Waals surface area contributed by atoms with Crippen LogP contribution < -0.4 is 4.89 Å². The third-order valence-electron chi connectivity index (χ3n) is 5.24. The highest BCUT2D eigenvalue weighted by Gasteiger charge is 2.21. The van der Waals surface area contributed by atoms with E-state index in [1.807, 2.05) is 27.2 Å². The van der Waals surface area contributed by atoms with Crippen LogP contribution in [0.4, 0.5) is 0 Å². The fourth-order valence-electron chi connectivity index (χ4n) is 3.11. The summed E-state index contributed by atoms with van der Waals surface area (Å²) < 4.78 is 32.9. The van der Waals surface area contributed by atoms with E-state index in [1.54, 1.807) is 18.2 Å². The molecule has 0 N–H and O–H groups in total. The van der Waals surface area contributed by atoms with Crippen molar-refractivity contribution in [2.45, 2.75) is 70.3 Å². The maximum Gasteiger partial charge on any atom is 0.309 e. The molecule has 0 radical (unpaired) electrons. The van der Waals surface area contributed by atoms with Crippen molar-refractivity contribution in [1.82, 2.24) is 0 Å². The summed E-state index contributed by atoms with van der Waals surface area (Å²) in [5, 5.41) is 0. The number of quaternary nitrogens is 1. The van der Waals surface area contributed by atoms with Crippen LogP contribution in [-0.2, 0) is 32.7 Å². The molecule has 0 aliphatic heterocycles. The molecule has 1 unspecified atom stereocenters. The van der Waals surface area contributed by atoms with Crippen LogP contribution in [-0.4, -0.2) is 70.0 Å². The molecule has 9 nitrogen and oxygen atoms in total. The average Bonchev–Trinajstić information content (AvgIpc) is 2.83. The summed E-state index contributed by atoms with van der Waals surface area (Å²) in [5.74, 6) is -1.05. The number of hydrogen-bond donors (Lipinski definition) is 0.